The van der Waals surface area contributed by atoms with E-state index in [1.807, 2.05) is 19.9 Å². The number of rotatable bonds is 4. The maximum atomic E-state index is 11.3. The molecule has 3 N–H and O–H groups in total. The highest BCUT2D eigenvalue weighted by Crippen LogP contribution is 2.25. The Labute approximate surface area is 124 Å². The molecule has 21 heavy (non-hydrogen) atoms. The maximum Gasteiger partial charge on any atom is 0.229 e. The molecule has 0 fully saturated rings. The van der Waals surface area contributed by atoms with Crippen LogP contribution in [0.3, 0.4) is 0 Å². The van der Waals surface area contributed by atoms with Crippen LogP contribution in [0.1, 0.15) is 25.5 Å². The number of aromatic nitrogens is 2. The lowest BCUT2D eigenvalue weighted by atomic mass is 10.1. The molecule has 0 spiro atoms. The van der Waals surface area contributed by atoms with Gasteiger partial charge in [0.25, 0.3) is 0 Å². The van der Waals surface area contributed by atoms with Crippen molar-refractivity contribution in [2.75, 3.05) is 16.7 Å². The van der Waals surface area contributed by atoms with Crippen LogP contribution in [0.5, 0.6) is 0 Å². The number of nitrogens with zero attached hydrogens (tertiary/aromatic N) is 2. The van der Waals surface area contributed by atoms with E-state index >= 15 is 0 Å². The summed E-state index contributed by atoms with van der Waals surface area (Å²) in [6, 6.07) is 7.00. The third-order valence-electron chi connectivity index (χ3n) is 2.84. The van der Waals surface area contributed by atoms with Gasteiger partial charge in [-0.3, -0.25) is 4.72 Å². The minimum absolute atomic E-state index is 0.162. The maximum absolute atomic E-state index is 11.3. The molecular weight excluding hydrogens is 288 g/mol. The number of anilines is 2. The Morgan fingerprint density at radius 1 is 1.29 bits per heavy atom. The van der Waals surface area contributed by atoms with E-state index in [4.69, 9.17) is 5.73 Å². The summed E-state index contributed by atoms with van der Waals surface area (Å²) in [5.74, 6) is 0.578. The second kappa shape index (κ2) is 5.69. The molecule has 7 heteroatoms. The molecule has 0 unspecified atom stereocenters. The van der Waals surface area contributed by atoms with E-state index in [-0.39, 0.29) is 5.92 Å². The number of benzene rings is 1. The Balaban J connectivity index is 2.43. The predicted octanol–water partition coefficient (Wildman–Crippen LogP) is 2.22. The lowest BCUT2D eigenvalue weighted by molar-refractivity contribution is 0.607. The van der Waals surface area contributed by atoms with Gasteiger partial charge in [0.2, 0.25) is 10.0 Å². The number of nitrogens with two attached hydrogens (primary N) is 1. The molecule has 1 heterocycles. The van der Waals surface area contributed by atoms with Crippen LogP contribution in [0.15, 0.2) is 30.5 Å². The van der Waals surface area contributed by atoms with Gasteiger partial charge in [-0.2, -0.15) is 0 Å². The average Bonchev–Trinajstić information content (AvgIpc) is 2.37. The van der Waals surface area contributed by atoms with Crippen molar-refractivity contribution < 1.29 is 8.42 Å². The van der Waals surface area contributed by atoms with Gasteiger partial charge in [0.1, 0.15) is 5.82 Å². The van der Waals surface area contributed by atoms with Gasteiger partial charge >= 0.3 is 0 Å². The zero-order valence-corrected chi connectivity index (χ0v) is 13.0. The van der Waals surface area contributed by atoms with Crippen LogP contribution in [-0.2, 0) is 10.0 Å². The van der Waals surface area contributed by atoms with Gasteiger partial charge in [0.05, 0.1) is 23.8 Å². The van der Waals surface area contributed by atoms with Crippen molar-refractivity contribution in [3.05, 3.63) is 36.2 Å². The second-order valence-electron chi connectivity index (χ2n) is 5.14. The van der Waals surface area contributed by atoms with Crippen LogP contribution in [-0.4, -0.2) is 24.6 Å². The predicted molar refractivity (Wildman–Crippen MR) is 84.4 cm³/mol. The standard InChI is InChI=1S/C14H18N4O2S/c1-9(2)13-14(15)16-8-12(17-13)10-5-4-6-11(7-10)18-21(3,19)20/h4-9,18H,1-3H3,(H2,15,16). The molecule has 2 rings (SSSR count). The summed E-state index contributed by atoms with van der Waals surface area (Å²) >= 11 is 0. The minimum Gasteiger partial charge on any atom is -0.382 e. The fraction of sp³-hybridized carbons (Fsp3) is 0.286. The molecule has 0 aliphatic heterocycles. The topological polar surface area (TPSA) is 98.0 Å². The minimum atomic E-state index is -3.31. The number of nitrogen functional groups attached to an aromatic ring is 1. The highest BCUT2D eigenvalue weighted by Gasteiger charge is 2.11. The molecule has 6 nitrogen and oxygen atoms in total. The normalized spacial score (nSPS) is 11.6. The summed E-state index contributed by atoms with van der Waals surface area (Å²) in [5.41, 5.74) is 8.47. The molecule has 0 bridgehead atoms. The molecule has 0 radical (unpaired) electrons. The van der Waals surface area contributed by atoms with Gasteiger partial charge in [-0.1, -0.05) is 26.0 Å². The summed E-state index contributed by atoms with van der Waals surface area (Å²) in [6.45, 7) is 3.98. The molecule has 0 atom stereocenters. The lowest BCUT2D eigenvalue weighted by Crippen LogP contribution is -2.09. The van der Waals surface area contributed by atoms with Crippen LogP contribution < -0.4 is 10.5 Å². The molecule has 1 aromatic carbocycles. The third-order valence-corrected chi connectivity index (χ3v) is 3.44. The lowest BCUT2D eigenvalue weighted by Gasteiger charge is -2.10. The number of sulfonamides is 1. The fourth-order valence-electron chi connectivity index (χ4n) is 1.93. The van der Waals surface area contributed by atoms with Gasteiger partial charge in [0.15, 0.2) is 0 Å². The van der Waals surface area contributed by atoms with E-state index in [1.54, 1.807) is 24.4 Å². The number of nitrogens with one attached hydrogen (secondary N) is 1. The van der Waals surface area contributed by atoms with Gasteiger partial charge in [-0.25, -0.2) is 18.4 Å². The van der Waals surface area contributed by atoms with E-state index in [2.05, 4.69) is 14.7 Å². The van der Waals surface area contributed by atoms with E-state index in [0.717, 1.165) is 17.5 Å². The number of hydrogen-bond acceptors (Lipinski definition) is 5. The SMILES string of the molecule is CC(C)c1nc(-c2cccc(NS(C)(=O)=O)c2)cnc1N. The molecule has 0 aliphatic rings. The van der Waals surface area contributed by atoms with E-state index in [1.165, 1.54) is 0 Å². The fourth-order valence-corrected chi connectivity index (χ4v) is 2.49. The van der Waals surface area contributed by atoms with Crippen LogP contribution in [0.2, 0.25) is 0 Å². The summed E-state index contributed by atoms with van der Waals surface area (Å²) in [5, 5.41) is 0. The first-order valence-electron chi connectivity index (χ1n) is 6.47. The highest BCUT2D eigenvalue weighted by atomic mass is 32.2. The Morgan fingerprint density at radius 3 is 2.62 bits per heavy atom. The van der Waals surface area contributed by atoms with E-state index < -0.39 is 10.0 Å². The van der Waals surface area contributed by atoms with Crippen molar-refractivity contribution in [1.82, 2.24) is 9.97 Å². The monoisotopic (exact) mass is 306 g/mol. The molecule has 2 aromatic rings. The summed E-state index contributed by atoms with van der Waals surface area (Å²) < 4.78 is 25.0. The van der Waals surface area contributed by atoms with Crippen LogP contribution in [0, 0.1) is 0 Å². The Kier molecular flexibility index (Phi) is 4.13. The third kappa shape index (κ3) is 3.91. The molecule has 0 aliphatic carbocycles. The largest absolute Gasteiger partial charge is 0.382 e. The first-order valence-corrected chi connectivity index (χ1v) is 8.36. The highest BCUT2D eigenvalue weighted by molar-refractivity contribution is 7.92. The molecule has 0 saturated carbocycles. The van der Waals surface area contributed by atoms with Crippen LogP contribution >= 0.6 is 0 Å². The first kappa shape index (κ1) is 15.2. The second-order valence-corrected chi connectivity index (χ2v) is 6.88. The van der Waals surface area contributed by atoms with Crippen molar-refractivity contribution in [2.45, 2.75) is 19.8 Å². The van der Waals surface area contributed by atoms with Crippen molar-refractivity contribution in [3.63, 3.8) is 0 Å². The molecular formula is C14H18N4O2S. The smallest absolute Gasteiger partial charge is 0.229 e. The van der Waals surface area contributed by atoms with Crippen LogP contribution in [0.4, 0.5) is 11.5 Å². The average molecular weight is 306 g/mol. The van der Waals surface area contributed by atoms with Crippen molar-refractivity contribution in [2.24, 2.45) is 0 Å². The Hall–Kier alpha value is -2.15. The molecule has 112 valence electrons. The molecule has 0 saturated heterocycles. The Bertz CT molecular complexity index is 757. The quantitative estimate of drug-likeness (QED) is 0.902. The van der Waals surface area contributed by atoms with Crippen molar-refractivity contribution >= 4 is 21.5 Å². The zero-order valence-electron chi connectivity index (χ0n) is 12.2. The molecule has 1 aromatic heterocycles. The van der Waals surface area contributed by atoms with Gasteiger partial charge < -0.3 is 5.73 Å². The van der Waals surface area contributed by atoms with Gasteiger partial charge in [-0.15, -0.1) is 0 Å². The van der Waals surface area contributed by atoms with Crippen molar-refractivity contribution in [1.29, 1.82) is 0 Å². The van der Waals surface area contributed by atoms with E-state index in [0.29, 0.717) is 17.2 Å². The number of hydrogen-bond donors (Lipinski definition) is 2. The summed E-state index contributed by atoms with van der Waals surface area (Å²) in [6.07, 6.45) is 2.69. The van der Waals surface area contributed by atoms with Gasteiger partial charge in [-0.05, 0) is 18.1 Å². The molecule has 0 amide bonds. The van der Waals surface area contributed by atoms with Gasteiger partial charge in [0, 0.05) is 11.3 Å². The van der Waals surface area contributed by atoms with E-state index in [9.17, 15) is 8.42 Å². The zero-order chi connectivity index (χ0) is 15.6. The summed E-state index contributed by atoms with van der Waals surface area (Å²) in [7, 11) is -3.31. The first-order chi connectivity index (χ1) is 9.76. The summed E-state index contributed by atoms with van der Waals surface area (Å²) in [4.78, 5) is 8.67. The Morgan fingerprint density at radius 2 is 2.00 bits per heavy atom. The van der Waals surface area contributed by atoms with Crippen LogP contribution in [0.25, 0.3) is 11.3 Å². The van der Waals surface area contributed by atoms with Crippen molar-refractivity contribution in [3.8, 4) is 11.3 Å².